The molecule has 3 rings (SSSR count). The molecule has 1 heterocycles. The highest BCUT2D eigenvalue weighted by molar-refractivity contribution is 5.94. The van der Waals surface area contributed by atoms with Crippen LogP contribution in [0.5, 0.6) is 0 Å². The number of hydrogen-bond acceptors (Lipinski definition) is 3. The fourth-order valence-corrected chi connectivity index (χ4v) is 2.90. The van der Waals surface area contributed by atoms with E-state index in [0.717, 1.165) is 6.07 Å². The SMILES string of the molecule is C[C@@H](NC(=O)CN1Cc2cc(F)ccc2NC1=O)c1ccc(C#N)cc1F. The Morgan fingerprint density at radius 2 is 2.11 bits per heavy atom. The standard InChI is InChI=1S/C19H16F2N4O2/c1-11(15-4-2-12(8-22)6-16(15)21)23-18(26)10-25-9-13-7-14(20)3-5-17(13)24-19(25)27/h2-7,11H,9-10H2,1H3,(H,23,26)(H,24,27)/t11-/m1/s1. The van der Waals surface area contributed by atoms with Crippen molar-refractivity contribution in [3.63, 3.8) is 0 Å². The van der Waals surface area contributed by atoms with Crippen LogP contribution in [0.3, 0.4) is 0 Å². The van der Waals surface area contributed by atoms with Gasteiger partial charge in [0.1, 0.15) is 18.2 Å². The Bertz CT molecular complexity index is 955. The van der Waals surface area contributed by atoms with Crippen molar-refractivity contribution >= 4 is 17.6 Å². The molecule has 1 aliphatic rings. The molecule has 8 heteroatoms. The van der Waals surface area contributed by atoms with Crippen LogP contribution in [-0.2, 0) is 11.3 Å². The minimum Gasteiger partial charge on any atom is -0.348 e. The maximum atomic E-state index is 14.0. The third-order valence-electron chi connectivity index (χ3n) is 4.27. The van der Waals surface area contributed by atoms with Gasteiger partial charge >= 0.3 is 6.03 Å². The summed E-state index contributed by atoms with van der Waals surface area (Å²) in [5.41, 5.74) is 1.49. The second kappa shape index (κ2) is 7.41. The number of benzene rings is 2. The largest absolute Gasteiger partial charge is 0.348 e. The van der Waals surface area contributed by atoms with Crippen LogP contribution in [-0.4, -0.2) is 23.4 Å². The average molecular weight is 370 g/mol. The van der Waals surface area contributed by atoms with Crippen molar-refractivity contribution in [3.05, 3.63) is 64.7 Å². The summed E-state index contributed by atoms with van der Waals surface area (Å²) in [7, 11) is 0. The molecule has 2 N–H and O–H groups in total. The third-order valence-corrected chi connectivity index (χ3v) is 4.27. The Labute approximate surface area is 154 Å². The zero-order valence-electron chi connectivity index (χ0n) is 14.4. The topological polar surface area (TPSA) is 85.2 Å². The van der Waals surface area contributed by atoms with E-state index in [4.69, 9.17) is 5.26 Å². The monoisotopic (exact) mass is 370 g/mol. The number of carbonyl (C=O) groups is 2. The van der Waals surface area contributed by atoms with Crippen LogP contribution in [0.2, 0.25) is 0 Å². The fraction of sp³-hybridized carbons (Fsp3) is 0.211. The molecule has 138 valence electrons. The van der Waals surface area contributed by atoms with Gasteiger partial charge in [0.15, 0.2) is 0 Å². The second-order valence-electron chi connectivity index (χ2n) is 6.22. The number of urea groups is 1. The second-order valence-corrected chi connectivity index (χ2v) is 6.22. The summed E-state index contributed by atoms with van der Waals surface area (Å²) in [6.45, 7) is 1.43. The molecule has 0 aromatic heterocycles. The van der Waals surface area contributed by atoms with E-state index in [0.29, 0.717) is 11.3 Å². The van der Waals surface area contributed by atoms with Crippen molar-refractivity contribution in [2.24, 2.45) is 0 Å². The van der Waals surface area contributed by atoms with Crippen molar-refractivity contribution in [1.82, 2.24) is 10.2 Å². The van der Waals surface area contributed by atoms with E-state index in [2.05, 4.69) is 10.6 Å². The predicted octanol–water partition coefficient (Wildman–Crippen LogP) is 3.06. The zero-order chi connectivity index (χ0) is 19.6. The van der Waals surface area contributed by atoms with Gasteiger partial charge < -0.3 is 15.5 Å². The lowest BCUT2D eigenvalue weighted by atomic mass is 10.1. The Morgan fingerprint density at radius 1 is 1.33 bits per heavy atom. The molecule has 0 saturated carbocycles. The summed E-state index contributed by atoms with van der Waals surface area (Å²) in [6.07, 6.45) is 0. The van der Waals surface area contributed by atoms with E-state index in [9.17, 15) is 18.4 Å². The van der Waals surface area contributed by atoms with Gasteiger partial charge in [0.25, 0.3) is 0 Å². The fourth-order valence-electron chi connectivity index (χ4n) is 2.90. The molecule has 0 saturated heterocycles. The molecule has 2 aromatic rings. The van der Waals surface area contributed by atoms with Crippen LogP contribution in [0.1, 0.15) is 29.7 Å². The van der Waals surface area contributed by atoms with Gasteiger partial charge in [-0.2, -0.15) is 5.26 Å². The van der Waals surface area contributed by atoms with Gasteiger partial charge in [-0.05, 0) is 42.8 Å². The van der Waals surface area contributed by atoms with E-state index in [1.54, 1.807) is 6.92 Å². The molecule has 0 spiro atoms. The molecule has 0 unspecified atom stereocenters. The lowest BCUT2D eigenvalue weighted by Crippen LogP contribution is -2.45. The van der Waals surface area contributed by atoms with Crippen molar-refractivity contribution in [3.8, 4) is 6.07 Å². The van der Waals surface area contributed by atoms with E-state index in [1.807, 2.05) is 6.07 Å². The van der Waals surface area contributed by atoms with Crippen LogP contribution in [0.4, 0.5) is 19.3 Å². The highest BCUT2D eigenvalue weighted by Crippen LogP contribution is 2.24. The molecule has 1 atom stereocenters. The van der Waals surface area contributed by atoms with Crippen LogP contribution in [0.15, 0.2) is 36.4 Å². The van der Waals surface area contributed by atoms with Crippen molar-refractivity contribution in [2.75, 3.05) is 11.9 Å². The van der Waals surface area contributed by atoms with Gasteiger partial charge in [-0.15, -0.1) is 0 Å². The number of nitrogens with one attached hydrogen (secondary N) is 2. The minimum atomic E-state index is -0.650. The first-order valence-electron chi connectivity index (χ1n) is 8.20. The lowest BCUT2D eigenvalue weighted by molar-refractivity contribution is -0.122. The maximum absolute atomic E-state index is 14.0. The summed E-state index contributed by atoms with van der Waals surface area (Å²) in [6, 6.07) is 8.73. The van der Waals surface area contributed by atoms with Gasteiger partial charge in [0.05, 0.1) is 24.2 Å². The number of nitrogens with zero attached hydrogens (tertiary/aromatic N) is 2. The van der Waals surface area contributed by atoms with E-state index < -0.39 is 29.6 Å². The molecule has 0 radical (unpaired) electrons. The summed E-state index contributed by atoms with van der Waals surface area (Å²) < 4.78 is 27.4. The quantitative estimate of drug-likeness (QED) is 0.867. The summed E-state index contributed by atoms with van der Waals surface area (Å²) in [5, 5.41) is 14.0. The highest BCUT2D eigenvalue weighted by atomic mass is 19.1. The van der Waals surface area contributed by atoms with E-state index in [1.165, 1.54) is 35.2 Å². The first-order chi connectivity index (χ1) is 12.9. The molecule has 2 aromatic carbocycles. The summed E-state index contributed by atoms with van der Waals surface area (Å²) in [4.78, 5) is 25.6. The van der Waals surface area contributed by atoms with E-state index >= 15 is 0 Å². The van der Waals surface area contributed by atoms with Crippen LogP contribution >= 0.6 is 0 Å². The van der Waals surface area contributed by atoms with Crippen LogP contribution < -0.4 is 10.6 Å². The number of hydrogen-bond donors (Lipinski definition) is 2. The Morgan fingerprint density at radius 3 is 2.81 bits per heavy atom. The Hall–Kier alpha value is -3.47. The molecule has 27 heavy (non-hydrogen) atoms. The number of fused-ring (bicyclic) bond motifs is 1. The van der Waals surface area contributed by atoms with Crippen molar-refractivity contribution < 1.29 is 18.4 Å². The van der Waals surface area contributed by atoms with Crippen LogP contribution in [0, 0.1) is 23.0 Å². The van der Waals surface area contributed by atoms with Crippen molar-refractivity contribution in [2.45, 2.75) is 19.5 Å². The first-order valence-corrected chi connectivity index (χ1v) is 8.20. The molecule has 6 nitrogen and oxygen atoms in total. The number of anilines is 1. The van der Waals surface area contributed by atoms with Crippen molar-refractivity contribution in [1.29, 1.82) is 5.26 Å². The molecular weight excluding hydrogens is 354 g/mol. The molecule has 0 bridgehead atoms. The third kappa shape index (κ3) is 4.03. The minimum absolute atomic E-state index is 0.0892. The Kier molecular flexibility index (Phi) is 5.03. The normalized spacial score (nSPS) is 14.0. The summed E-state index contributed by atoms with van der Waals surface area (Å²) >= 11 is 0. The smallest absolute Gasteiger partial charge is 0.322 e. The Balaban J connectivity index is 1.65. The molecule has 1 aliphatic heterocycles. The van der Waals surface area contributed by atoms with Gasteiger partial charge in [-0.25, -0.2) is 13.6 Å². The number of rotatable bonds is 4. The summed E-state index contributed by atoms with van der Waals surface area (Å²) in [5.74, 6) is -1.51. The molecular formula is C19H16F2N4O2. The average Bonchev–Trinajstić information content (AvgIpc) is 2.62. The number of carbonyl (C=O) groups excluding carboxylic acids is 2. The van der Waals surface area contributed by atoms with Crippen LogP contribution in [0.25, 0.3) is 0 Å². The molecule has 3 amide bonds. The number of nitriles is 1. The number of amides is 3. The van der Waals surface area contributed by atoms with Gasteiger partial charge in [0.2, 0.25) is 5.91 Å². The first kappa shape index (κ1) is 18.3. The predicted molar refractivity (Wildman–Crippen MR) is 93.5 cm³/mol. The highest BCUT2D eigenvalue weighted by Gasteiger charge is 2.25. The molecule has 0 fully saturated rings. The van der Waals surface area contributed by atoms with Gasteiger partial charge in [0, 0.05) is 11.3 Å². The number of halogens is 2. The maximum Gasteiger partial charge on any atom is 0.322 e. The zero-order valence-corrected chi connectivity index (χ0v) is 14.4. The molecule has 0 aliphatic carbocycles. The van der Waals surface area contributed by atoms with Gasteiger partial charge in [-0.3, -0.25) is 4.79 Å². The van der Waals surface area contributed by atoms with Gasteiger partial charge in [-0.1, -0.05) is 6.07 Å². The lowest BCUT2D eigenvalue weighted by Gasteiger charge is -2.29. The van der Waals surface area contributed by atoms with E-state index in [-0.39, 0.29) is 24.2 Å².